The summed E-state index contributed by atoms with van der Waals surface area (Å²) in [5, 5.41) is 0. The Bertz CT molecular complexity index is 319. The largest absolute Gasteiger partial charge is 0.274 e. The number of hydroxylamine groups is 1. The maximum Gasteiger partial charge on any atom is 0.261 e. The Morgan fingerprint density at radius 3 is 2.53 bits per heavy atom. The molecule has 8 heteroatoms. The quantitative estimate of drug-likeness (QED) is 0.587. The van der Waals surface area contributed by atoms with E-state index in [1.807, 2.05) is 6.26 Å². The molecule has 0 bridgehead atoms. The molecule has 0 saturated heterocycles. The van der Waals surface area contributed by atoms with Gasteiger partial charge in [0.1, 0.15) is 6.04 Å². The Hall–Kier alpha value is -0.310. The number of hydrogen-bond donors (Lipinski definition) is 2. The number of sulfonamides is 1. The number of carbonyl (C=O) groups excluding carboxylic acids is 1. The minimum Gasteiger partial charge on any atom is -0.274 e. The zero-order valence-corrected chi connectivity index (χ0v) is 12.0. The van der Waals surface area contributed by atoms with Crippen LogP contribution >= 0.6 is 11.8 Å². The van der Waals surface area contributed by atoms with Crippen LogP contribution in [0.1, 0.15) is 20.3 Å². The van der Waals surface area contributed by atoms with Gasteiger partial charge in [-0.3, -0.25) is 9.63 Å². The molecule has 0 aromatic rings. The van der Waals surface area contributed by atoms with Crippen LogP contribution in [-0.2, 0) is 19.7 Å². The Labute approximate surface area is 107 Å². The van der Waals surface area contributed by atoms with E-state index in [1.54, 1.807) is 18.7 Å². The first-order valence-corrected chi connectivity index (χ1v) is 8.42. The molecule has 0 saturated carbocycles. The number of amides is 1. The van der Waals surface area contributed by atoms with Crippen molar-refractivity contribution in [2.45, 2.75) is 26.3 Å². The molecule has 0 rings (SSSR count). The lowest BCUT2D eigenvalue weighted by molar-refractivity contribution is -0.134. The van der Waals surface area contributed by atoms with Crippen molar-refractivity contribution in [1.82, 2.24) is 10.2 Å². The standard InChI is InChI=1S/C9H20N2O4S2/c1-4-15-10-9(12)8(6-7-16-3)11-17(13,14)5-2/h8,11H,4-7H2,1-3H3,(H,10,12). The summed E-state index contributed by atoms with van der Waals surface area (Å²) in [5.74, 6) is 0.180. The highest BCUT2D eigenvalue weighted by Crippen LogP contribution is 2.03. The molecule has 0 fully saturated rings. The molecule has 1 atom stereocenters. The molecule has 0 aromatic heterocycles. The number of nitrogens with one attached hydrogen (secondary N) is 2. The van der Waals surface area contributed by atoms with Gasteiger partial charge in [0.25, 0.3) is 5.91 Å². The normalized spacial score (nSPS) is 13.4. The van der Waals surface area contributed by atoms with Gasteiger partial charge in [0.05, 0.1) is 12.4 Å². The van der Waals surface area contributed by atoms with Crippen molar-refractivity contribution in [3.8, 4) is 0 Å². The lowest BCUT2D eigenvalue weighted by atomic mass is 10.2. The third kappa shape index (κ3) is 7.58. The van der Waals surface area contributed by atoms with E-state index in [0.29, 0.717) is 18.8 Å². The van der Waals surface area contributed by atoms with Crippen LogP contribution in [0.5, 0.6) is 0 Å². The summed E-state index contributed by atoms with van der Waals surface area (Å²) in [6, 6.07) is -0.779. The lowest BCUT2D eigenvalue weighted by Gasteiger charge is -2.17. The van der Waals surface area contributed by atoms with Crippen LogP contribution in [0, 0.1) is 0 Å². The van der Waals surface area contributed by atoms with E-state index in [1.165, 1.54) is 6.92 Å². The van der Waals surface area contributed by atoms with Crippen molar-refractivity contribution in [2.24, 2.45) is 0 Å². The fourth-order valence-corrected chi connectivity index (χ4v) is 2.29. The van der Waals surface area contributed by atoms with Crippen LogP contribution in [0.2, 0.25) is 0 Å². The third-order valence-electron chi connectivity index (χ3n) is 1.95. The van der Waals surface area contributed by atoms with Gasteiger partial charge in [-0.2, -0.15) is 11.8 Å². The molecule has 2 N–H and O–H groups in total. The Morgan fingerprint density at radius 1 is 1.41 bits per heavy atom. The number of rotatable bonds is 9. The van der Waals surface area contributed by atoms with Gasteiger partial charge < -0.3 is 0 Å². The second-order valence-corrected chi connectivity index (χ2v) is 6.28. The summed E-state index contributed by atoms with van der Waals surface area (Å²) >= 11 is 1.55. The Balaban J connectivity index is 4.47. The topological polar surface area (TPSA) is 84.5 Å². The first kappa shape index (κ1) is 16.7. The summed E-state index contributed by atoms with van der Waals surface area (Å²) in [7, 11) is -3.39. The average molecular weight is 284 g/mol. The van der Waals surface area contributed by atoms with Crippen molar-refractivity contribution in [1.29, 1.82) is 0 Å². The minimum absolute atomic E-state index is 0.0509. The SMILES string of the molecule is CCONC(=O)C(CCSC)NS(=O)(=O)CC. The second kappa shape index (κ2) is 8.73. The van der Waals surface area contributed by atoms with Gasteiger partial charge in [-0.15, -0.1) is 0 Å². The van der Waals surface area contributed by atoms with Gasteiger partial charge in [-0.25, -0.2) is 18.6 Å². The molecule has 17 heavy (non-hydrogen) atoms. The highest BCUT2D eigenvalue weighted by Gasteiger charge is 2.23. The van der Waals surface area contributed by atoms with Crippen molar-refractivity contribution in [3.63, 3.8) is 0 Å². The van der Waals surface area contributed by atoms with Gasteiger partial charge in [0.15, 0.2) is 0 Å². The molecule has 0 aliphatic rings. The van der Waals surface area contributed by atoms with Crippen LogP contribution in [0.4, 0.5) is 0 Å². The van der Waals surface area contributed by atoms with Crippen LogP contribution in [0.3, 0.4) is 0 Å². The fourth-order valence-electron chi connectivity index (χ4n) is 0.994. The molecule has 0 heterocycles. The zero-order chi connectivity index (χ0) is 13.3. The van der Waals surface area contributed by atoms with Gasteiger partial charge >= 0.3 is 0 Å². The van der Waals surface area contributed by atoms with Crippen molar-refractivity contribution in [2.75, 3.05) is 24.4 Å². The summed E-state index contributed by atoms with van der Waals surface area (Å²) < 4.78 is 25.2. The van der Waals surface area contributed by atoms with Gasteiger partial charge in [-0.05, 0) is 32.3 Å². The number of hydrogen-bond acceptors (Lipinski definition) is 5. The zero-order valence-electron chi connectivity index (χ0n) is 10.4. The minimum atomic E-state index is -3.39. The second-order valence-electron chi connectivity index (χ2n) is 3.25. The number of carbonyl (C=O) groups is 1. The number of thioether (sulfide) groups is 1. The van der Waals surface area contributed by atoms with Crippen molar-refractivity contribution < 1.29 is 18.0 Å². The summed E-state index contributed by atoms with van der Waals surface area (Å²) in [5.41, 5.74) is 2.21. The highest BCUT2D eigenvalue weighted by molar-refractivity contribution is 7.98. The first-order chi connectivity index (χ1) is 7.96. The monoisotopic (exact) mass is 284 g/mol. The molecule has 0 radical (unpaired) electrons. The van der Waals surface area contributed by atoms with E-state index < -0.39 is 22.0 Å². The molecule has 1 unspecified atom stereocenters. The van der Waals surface area contributed by atoms with E-state index >= 15 is 0 Å². The van der Waals surface area contributed by atoms with Crippen molar-refractivity contribution >= 4 is 27.7 Å². The highest BCUT2D eigenvalue weighted by atomic mass is 32.2. The first-order valence-electron chi connectivity index (χ1n) is 5.37. The average Bonchev–Trinajstić information content (AvgIpc) is 2.31. The van der Waals surface area contributed by atoms with Crippen molar-refractivity contribution in [3.05, 3.63) is 0 Å². The van der Waals surface area contributed by atoms with Crippen LogP contribution in [0.25, 0.3) is 0 Å². The smallest absolute Gasteiger partial charge is 0.261 e. The maximum atomic E-state index is 11.6. The maximum absolute atomic E-state index is 11.6. The molecule has 1 amide bonds. The third-order valence-corrected chi connectivity index (χ3v) is 3.99. The van der Waals surface area contributed by atoms with Crippen LogP contribution in [-0.4, -0.2) is 44.7 Å². The molecule has 0 aliphatic heterocycles. The van der Waals surface area contributed by atoms with E-state index in [-0.39, 0.29) is 5.75 Å². The molecule has 0 aliphatic carbocycles. The predicted molar refractivity (Wildman–Crippen MR) is 69.2 cm³/mol. The summed E-state index contributed by atoms with van der Waals surface area (Å²) in [6.07, 6.45) is 2.32. The summed E-state index contributed by atoms with van der Waals surface area (Å²) in [6.45, 7) is 3.59. The Morgan fingerprint density at radius 2 is 2.06 bits per heavy atom. The van der Waals surface area contributed by atoms with E-state index in [2.05, 4.69) is 10.2 Å². The molecular weight excluding hydrogens is 264 g/mol. The van der Waals surface area contributed by atoms with Gasteiger partial charge in [0.2, 0.25) is 10.0 Å². The van der Waals surface area contributed by atoms with Crippen LogP contribution in [0.15, 0.2) is 0 Å². The van der Waals surface area contributed by atoms with E-state index in [4.69, 9.17) is 4.84 Å². The van der Waals surface area contributed by atoms with Gasteiger partial charge in [-0.1, -0.05) is 0 Å². The molecule has 0 spiro atoms. The predicted octanol–water partition coefficient (Wildman–Crippen LogP) is 0.115. The Kier molecular flexibility index (Phi) is 8.57. The lowest BCUT2D eigenvalue weighted by Crippen LogP contribution is -2.47. The molecule has 0 aromatic carbocycles. The van der Waals surface area contributed by atoms with E-state index in [0.717, 1.165) is 0 Å². The molecule has 102 valence electrons. The molecular formula is C9H20N2O4S2. The summed E-state index contributed by atoms with van der Waals surface area (Å²) in [4.78, 5) is 16.4. The molecule has 6 nitrogen and oxygen atoms in total. The fraction of sp³-hybridized carbons (Fsp3) is 0.889. The van der Waals surface area contributed by atoms with Gasteiger partial charge in [0, 0.05) is 0 Å². The van der Waals surface area contributed by atoms with E-state index in [9.17, 15) is 13.2 Å². The van der Waals surface area contributed by atoms with Crippen LogP contribution < -0.4 is 10.2 Å².